The van der Waals surface area contributed by atoms with Crippen LogP contribution in [-0.2, 0) is 4.79 Å². The molecule has 1 aromatic rings. The van der Waals surface area contributed by atoms with Crippen molar-refractivity contribution in [3.8, 4) is 0 Å². The van der Waals surface area contributed by atoms with E-state index in [1.165, 1.54) is 17.3 Å². The number of carbonyl (C=O) groups is 2. The Hall–Kier alpha value is -2.18. The van der Waals surface area contributed by atoms with Crippen LogP contribution >= 0.6 is 0 Å². The number of rotatable bonds is 2. The van der Waals surface area contributed by atoms with Crippen molar-refractivity contribution >= 4 is 17.7 Å². The smallest absolute Gasteiger partial charge is 0.308 e. The summed E-state index contributed by atoms with van der Waals surface area (Å²) < 4.78 is 0. The highest BCUT2D eigenvalue weighted by atomic mass is 16.4. The average molecular weight is 250 g/mol. The van der Waals surface area contributed by atoms with E-state index in [1.54, 1.807) is 0 Å². The Bertz CT molecular complexity index is 477. The van der Waals surface area contributed by atoms with Gasteiger partial charge in [-0.15, -0.1) is 0 Å². The molecule has 1 amide bonds. The molecule has 1 aliphatic heterocycles. The molecule has 1 saturated heterocycles. The van der Waals surface area contributed by atoms with Gasteiger partial charge in [-0.1, -0.05) is 0 Å². The zero-order valence-corrected chi connectivity index (χ0v) is 9.74. The van der Waals surface area contributed by atoms with Crippen molar-refractivity contribution in [1.82, 2.24) is 14.9 Å². The van der Waals surface area contributed by atoms with E-state index in [1.807, 2.05) is 0 Å². The molecule has 7 nitrogen and oxygen atoms in total. The van der Waals surface area contributed by atoms with Gasteiger partial charge in [0.25, 0.3) is 5.91 Å². The molecule has 0 bridgehead atoms. The van der Waals surface area contributed by atoms with Gasteiger partial charge < -0.3 is 15.7 Å². The van der Waals surface area contributed by atoms with Gasteiger partial charge in [0.15, 0.2) is 11.5 Å². The Balaban J connectivity index is 2.14. The van der Waals surface area contributed by atoms with E-state index < -0.39 is 11.9 Å². The second kappa shape index (κ2) is 4.99. The molecular formula is C11H14N4O3. The summed E-state index contributed by atoms with van der Waals surface area (Å²) >= 11 is 0. The highest BCUT2D eigenvalue weighted by molar-refractivity contribution is 5.96. The van der Waals surface area contributed by atoms with Crippen LogP contribution in [-0.4, -0.2) is 44.9 Å². The van der Waals surface area contributed by atoms with Crippen LogP contribution in [0.4, 0.5) is 5.82 Å². The Morgan fingerprint density at radius 1 is 1.39 bits per heavy atom. The van der Waals surface area contributed by atoms with Crippen molar-refractivity contribution in [2.75, 3.05) is 18.8 Å². The first-order chi connectivity index (χ1) is 8.59. The lowest BCUT2D eigenvalue weighted by atomic mass is 9.98. The number of aliphatic carboxylic acids is 1. The molecule has 2 rings (SSSR count). The zero-order chi connectivity index (χ0) is 13.1. The predicted octanol–water partition coefficient (Wildman–Crippen LogP) is -0.00440. The topological polar surface area (TPSA) is 109 Å². The molecule has 0 aromatic carbocycles. The minimum atomic E-state index is -0.875. The number of anilines is 1. The molecular weight excluding hydrogens is 236 g/mol. The van der Waals surface area contributed by atoms with Gasteiger partial charge in [0.05, 0.1) is 5.92 Å². The highest BCUT2D eigenvalue weighted by Crippen LogP contribution is 2.19. The number of carboxylic acids is 1. The van der Waals surface area contributed by atoms with Gasteiger partial charge >= 0.3 is 5.97 Å². The van der Waals surface area contributed by atoms with Crippen molar-refractivity contribution in [3.63, 3.8) is 0 Å². The van der Waals surface area contributed by atoms with Crippen LogP contribution in [0.3, 0.4) is 0 Å². The number of nitrogen functional groups attached to an aromatic ring is 1. The van der Waals surface area contributed by atoms with Crippen molar-refractivity contribution < 1.29 is 14.7 Å². The number of hydrogen-bond acceptors (Lipinski definition) is 5. The van der Waals surface area contributed by atoms with Gasteiger partial charge in [-0.05, 0) is 12.8 Å². The Labute approximate surface area is 104 Å². The summed E-state index contributed by atoms with van der Waals surface area (Å²) in [5, 5.41) is 8.97. The molecule has 0 saturated carbocycles. The first-order valence-corrected chi connectivity index (χ1v) is 5.68. The molecule has 1 unspecified atom stereocenters. The van der Waals surface area contributed by atoms with Crippen molar-refractivity contribution in [2.24, 2.45) is 5.92 Å². The number of hydrogen-bond donors (Lipinski definition) is 2. The highest BCUT2D eigenvalue weighted by Gasteiger charge is 2.29. The zero-order valence-electron chi connectivity index (χ0n) is 9.74. The molecule has 7 heteroatoms. The predicted molar refractivity (Wildman–Crippen MR) is 62.7 cm³/mol. The number of likely N-dealkylation sites (tertiary alicyclic amines) is 1. The molecule has 1 fully saturated rings. The summed E-state index contributed by atoms with van der Waals surface area (Å²) in [7, 11) is 0. The fourth-order valence-corrected chi connectivity index (χ4v) is 2.03. The Morgan fingerprint density at radius 2 is 2.11 bits per heavy atom. The number of carboxylic acid groups (broad SMARTS) is 1. The third-order valence-corrected chi connectivity index (χ3v) is 2.99. The second-order valence-electron chi connectivity index (χ2n) is 4.22. The summed E-state index contributed by atoms with van der Waals surface area (Å²) in [5.41, 5.74) is 5.67. The van der Waals surface area contributed by atoms with Gasteiger partial charge in [0, 0.05) is 25.5 Å². The number of piperidine rings is 1. The lowest BCUT2D eigenvalue weighted by Crippen LogP contribution is -2.42. The lowest BCUT2D eigenvalue weighted by Gasteiger charge is -2.30. The first-order valence-electron chi connectivity index (χ1n) is 5.68. The lowest BCUT2D eigenvalue weighted by molar-refractivity contribution is -0.143. The van der Waals surface area contributed by atoms with Crippen LogP contribution in [0.1, 0.15) is 23.3 Å². The van der Waals surface area contributed by atoms with E-state index in [-0.39, 0.29) is 24.0 Å². The fraction of sp³-hybridized carbons (Fsp3) is 0.455. The first kappa shape index (κ1) is 12.3. The van der Waals surface area contributed by atoms with Crippen LogP contribution < -0.4 is 5.73 Å². The summed E-state index contributed by atoms with van der Waals surface area (Å²) in [6.07, 6.45) is 4.06. The molecule has 0 aliphatic carbocycles. The van der Waals surface area contributed by atoms with Gasteiger partial charge in [0.1, 0.15) is 0 Å². The van der Waals surface area contributed by atoms with E-state index in [0.29, 0.717) is 19.4 Å². The molecule has 1 atom stereocenters. The largest absolute Gasteiger partial charge is 0.481 e. The molecule has 18 heavy (non-hydrogen) atoms. The van der Waals surface area contributed by atoms with Crippen LogP contribution in [0.5, 0.6) is 0 Å². The van der Waals surface area contributed by atoms with Crippen molar-refractivity contribution in [3.05, 3.63) is 18.1 Å². The summed E-state index contributed by atoms with van der Waals surface area (Å²) in [5.74, 6) is -1.67. The van der Waals surface area contributed by atoms with Crippen LogP contribution in [0, 0.1) is 5.92 Å². The molecule has 1 aromatic heterocycles. The van der Waals surface area contributed by atoms with E-state index in [4.69, 9.17) is 10.8 Å². The van der Waals surface area contributed by atoms with Crippen LogP contribution in [0.25, 0.3) is 0 Å². The third kappa shape index (κ3) is 2.39. The Morgan fingerprint density at radius 3 is 2.78 bits per heavy atom. The fourth-order valence-electron chi connectivity index (χ4n) is 2.03. The summed E-state index contributed by atoms with van der Waals surface area (Å²) in [6, 6.07) is 0. The molecule has 0 radical (unpaired) electrons. The summed E-state index contributed by atoms with van der Waals surface area (Å²) in [4.78, 5) is 32.2. The van der Waals surface area contributed by atoms with Gasteiger partial charge in [0.2, 0.25) is 0 Å². The number of carbonyl (C=O) groups excluding carboxylic acids is 1. The van der Waals surface area contributed by atoms with E-state index >= 15 is 0 Å². The number of nitrogens with zero attached hydrogens (tertiary/aromatic N) is 3. The number of nitrogens with two attached hydrogens (primary N) is 1. The normalized spacial score (nSPS) is 19.6. The maximum absolute atomic E-state index is 12.1. The van der Waals surface area contributed by atoms with Crippen LogP contribution in [0.2, 0.25) is 0 Å². The second-order valence-corrected chi connectivity index (χ2v) is 4.22. The third-order valence-electron chi connectivity index (χ3n) is 2.99. The SMILES string of the molecule is Nc1nccnc1C(=O)N1CCCC(C(=O)O)C1. The molecule has 2 heterocycles. The van der Waals surface area contributed by atoms with Crippen molar-refractivity contribution in [1.29, 1.82) is 0 Å². The quantitative estimate of drug-likeness (QED) is 0.764. The molecule has 96 valence electrons. The van der Waals surface area contributed by atoms with Gasteiger partial charge in [-0.3, -0.25) is 9.59 Å². The van der Waals surface area contributed by atoms with Gasteiger partial charge in [-0.25, -0.2) is 9.97 Å². The standard InChI is InChI=1S/C11H14N4O3/c12-9-8(13-3-4-14-9)10(16)15-5-1-2-7(6-15)11(17)18/h3-4,7H,1-2,5-6H2,(H2,12,14)(H,17,18). The monoisotopic (exact) mass is 250 g/mol. The average Bonchev–Trinajstić information content (AvgIpc) is 2.38. The van der Waals surface area contributed by atoms with Gasteiger partial charge in [-0.2, -0.15) is 0 Å². The Kier molecular flexibility index (Phi) is 3.40. The number of amides is 1. The summed E-state index contributed by atoms with van der Waals surface area (Å²) in [6.45, 7) is 0.725. The minimum Gasteiger partial charge on any atom is -0.481 e. The minimum absolute atomic E-state index is 0.0694. The maximum atomic E-state index is 12.1. The van der Waals surface area contributed by atoms with E-state index in [2.05, 4.69) is 9.97 Å². The molecule has 3 N–H and O–H groups in total. The molecule has 1 aliphatic rings. The van der Waals surface area contributed by atoms with Crippen LogP contribution in [0.15, 0.2) is 12.4 Å². The van der Waals surface area contributed by atoms with E-state index in [0.717, 1.165) is 0 Å². The number of aromatic nitrogens is 2. The van der Waals surface area contributed by atoms with Crippen molar-refractivity contribution in [2.45, 2.75) is 12.8 Å². The van der Waals surface area contributed by atoms with E-state index in [9.17, 15) is 9.59 Å². The molecule has 0 spiro atoms. The maximum Gasteiger partial charge on any atom is 0.308 e.